The van der Waals surface area contributed by atoms with Crippen LogP contribution in [0.25, 0.3) is 0 Å². The second kappa shape index (κ2) is 7.09. The minimum Gasteiger partial charge on any atom is -0.456 e. The lowest BCUT2D eigenvalue weighted by Crippen LogP contribution is -2.61. The molecule has 2 unspecified atom stereocenters. The Hall–Kier alpha value is -1.61. The number of aliphatic hydroxyl groups is 1. The normalized spacial score (nSPS) is 20.9. The van der Waals surface area contributed by atoms with E-state index in [0.717, 1.165) is 23.1 Å². The van der Waals surface area contributed by atoms with E-state index in [2.05, 4.69) is 0 Å². The highest BCUT2D eigenvalue weighted by molar-refractivity contribution is 6.42. The molecule has 0 saturated carbocycles. The third-order valence-electron chi connectivity index (χ3n) is 5.76. The number of ether oxygens (including phenoxy) is 1. The van der Waals surface area contributed by atoms with Crippen LogP contribution in [0.1, 0.15) is 56.2 Å². The first-order valence-corrected chi connectivity index (χ1v) is 9.69. The summed E-state index contributed by atoms with van der Waals surface area (Å²) < 4.78 is 6.23. The molecule has 3 rings (SSSR count). The van der Waals surface area contributed by atoms with E-state index in [9.17, 15) is 5.11 Å². The SMILES string of the molecule is [B]C([B])(CCC)C1(C([B])(O)CCC)c2ccccc2Oc2c(C)cccc21. The second-order valence-corrected chi connectivity index (χ2v) is 7.76. The minimum absolute atomic E-state index is 0.356. The van der Waals surface area contributed by atoms with Crippen LogP contribution in [-0.2, 0) is 5.41 Å². The van der Waals surface area contributed by atoms with Crippen LogP contribution in [0, 0.1) is 6.92 Å². The van der Waals surface area contributed by atoms with Crippen molar-refractivity contribution in [3.8, 4) is 11.5 Å². The quantitative estimate of drug-likeness (QED) is 0.785. The molecule has 27 heavy (non-hydrogen) atoms. The molecule has 2 atom stereocenters. The average Bonchev–Trinajstić information content (AvgIpc) is 2.59. The van der Waals surface area contributed by atoms with Gasteiger partial charge in [-0.1, -0.05) is 74.7 Å². The van der Waals surface area contributed by atoms with Crippen molar-refractivity contribution in [3.63, 3.8) is 0 Å². The predicted octanol–water partition coefficient (Wildman–Crippen LogP) is 4.30. The smallest absolute Gasteiger partial charge is 0.134 e. The fraction of sp³-hybridized carbons (Fsp3) is 0.455. The maximum Gasteiger partial charge on any atom is 0.134 e. The molecule has 0 aromatic heterocycles. The number of hydrogen-bond acceptors (Lipinski definition) is 2. The molecule has 0 fully saturated rings. The molecule has 0 aliphatic carbocycles. The molecule has 1 N–H and O–H groups in total. The van der Waals surface area contributed by atoms with E-state index in [1.165, 1.54) is 0 Å². The third kappa shape index (κ3) is 2.86. The van der Waals surface area contributed by atoms with E-state index < -0.39 is 16.1 Å². The summed E-state index contributed by atoms with van der Waals surface area (Å²) in [6.45, 7) is 5.99. The van der Waals surface area contributed by atoms with Gasteiger partial charge in [-0.05, 0) is 25.0 Å². The van der Waals surface area contributed by atoms with Crippen LogP contribution < -0.4 is 4.74 Å². The maximum absolute atomic E-state index is 11.7. The van der Waals surface area contributed by atoms with Gasteiger partial charge in [-0.3, -0.25) is 0 Å². The second-order valence-electron chi connectivity index (χ2n) is 7.76. The van der Waals surface area contributed by atoms with Gasteiger partial charge in [0.15, 0.2) is 0 Å². The van der Waals surface area contributed by atoms with Gasteiger partial charge in [0.25, 0.3) is 0 Å². The standard InChI is InChI=1S/C22H25B3O2/c1-4-13-20(23,24)22(21(25,26)14-5-2)16-10-6-7-12-18(16)27-19-15(3)9-8-11-17(19)22/h6-12,26H,4-5,13-14H2,1-3H3. The van der Waals surface area contributed by atoms with Crippen molar-refractivity contribution in [1.29, 1.82) is 0 Å². The summed E-state index contributed by atoms with van der Waals surface area (Å²) in [5.41, 5.74) is -0.422. The summed E-state index contributed by atoms with van der Waals surface area (Å²) in [5.74, 6) is 1.31. The Morgan fingerprint density at radius 2 is 1.56 bits per heavy atom. The number of hydrogen-bond donors (Lipinski definition) is 1. The molecule has 1 aliphatic rings. The zero-order valence-electron chi connectivity index (χ0n) is 16.5. The van der Waals surface area contributed by atoms with Crippen LogP contribution in [0.3, 0.4) is 0 Å². The largest absolute Gasteiger partial charge is 0.456 e. The number of rotatable bonds is 6. The van der Waals surface area contributed by atoms with Gasteiger partial charge >= 0.3 is 0 Å². The molecule has 0 saturated heterocycles. The zero-order chi connectivity index (χ0) is 19.9. The monoisotopic (exact) mass is 354 g/mol. The van der Waals surface area contributed by atoms with Crippen LogP contribution in [0.15, 0.2) is 42.5 Å². The Morgan fingerprint density at radius 3 is 2.22 bits per heavy atom. The predicted molar refractivity (Wildman–Crippen MR) is 113 cm³/mol. The van der Waals surface area contributed by atoms with E-state index in [0.29, 0.717) is 30.8 Å². The first kappa shape index (κ1) is 20.1. The molecule has 0 spiro atoms. The number of aryl methyl sites for hydroxylation is 1. The Balaban J connectivity index is 2.48. The molecule has 2 aromatic rings. The number of fused-ring (bicyclic) bond motifs is 2. The first-order valence-electron chi connectivity index (χ1n) is 9.69. The Labute approximate surface area is 166 Å². The summed E-state index contributed by atoms with van der Waals surface area (Å²) >= 11 is 0. The third-order valence-corrected chi connectivity index (χ3v) is 5.76. The topological polar surface area (TPSA) is 29.5 Å². The molecular formula is C22H25B3O2. The van der Waals surface area contributed by atoms with Crippen LogP contribution in [0.5, 0.6) is 11.5 Å². The highest BCUT2D eigenvalue weighted by Crippen LogP contribution is 2.64. The molecule has 5 heteroatoms. The molecule has 2 nitrogen and oxygen atoms in total. The summed E-state index contributed by atoms with van der Waals surface area (Å²) in [7, 11) is 20.3. The van der Waals surface area contributed by atoms with Gasteiger partial charge in [0.1, 0.15) is 19.3 Å². The van der Waals surface area contributed by atoms with Crippen LogP contribution in [0.4, 0.5) is 0 Å². The minimum atomic E-state index is -1.65. The molecule has 6 radical (unpaired) electrons. The van der Waals surface area contributed by atoms with Gasteiger partial charge < -0.3 is 9.84 Å². The Bertz CT molecular complexity index is 812. The highest BCUT2D eigenvalue weighted by Gasteiger charge is 2.59. The lowest BCUT2D eigenvalue weighted by atomic mass is 9.31. The Kier molecular flexibility index (Phi) is 5.29. The summed E-state index contributed by atoms with van der Waals surface area (Å²) in [6, 6.07) is 13.4. The van der Waals surface area contributed by atoms with Crippen molar-refractivity contribution in [3.05, 3.63) is 59.2 Å². The van der Waals surface area contributed by atoms with E-state index in [1.54, 1.807) is 0 Å². The molecule has 134 valence electrons. The first-order chi connectivity index (χ1) is 12.7. The summed E-state index contributed by atoms with van der Waals surface area (Å²) in [6.07, 6.45) is 2.31. The van der Waals surface area contributed by atoms with Crippen molar-refractivity contribution in [2.75, 3.05) is 0 Å². The lowest BCUT2D eigenvalue weighted by Gasteiger charge is -2.59. The van der Waals surface area contributed by atoms with Crippen molar-refractivity contribution < 1.29 is 9.84 Å². The van der Waals surface area contributed by atoms with Gasteiger partial charge in [0.2, 0.25) is 0 Å². The van der Waals surface area contributed by atoms with Gasteiger partial charge in [0, 0.05) is 22.0 Å². The molecule has 0 amide bonds. The fourth-order valence-electron chi connectivity index (χ4n) is 4.74. The molecule has 2 aromatic carbocycles. The van der Waals surface area contributed by atoms with E-state index >= 15 is 0 Å². The van der Waals surface area contributed by atoms with E-state index in [1.807, 2.05) is 63.2 Å². The van der Waals surface area contributed by atoms with E-state index in [4.69, 9.17) is 28.3 Å². The molecule has 1 aliphatic heterocycles. The maximum atomic E-state index is 11.7. The van der Waals surface area contributed by atoms with Gasteiger partial charge in [0.05, 0.1) is 15.7 Å². The number of para-hydroxylation sites is 2. The summed E-state index contributed by atoms with van der Waals surface area (Å²) in [5, 5.41) is 10.4. The van der Waals surface area contributed by atoms with Crippen LogP contribution in [0.2, 0.25) is 5.21 Å². The molecule has 0 bridgehead atoms. The summed E-state index contributed by atoms with van der Waals surface area (Å²) in [4.78, 5) is 0. The zero-order valence-corrected chi connectivity index (χ0v) is 16.5. The van der Waals surface area contributed by atoms with Gasteiger partial charge in [-0.2, -0.15) is 0 Å². The van der Waals surface area contributed by atoms with Crippen LogP contribution in [-0.4, -0.2) is 34.1 Å². The van der Waals surface area contributed by atoms with Gasteiger partial charge in [-0.15, -0.1) is 0 Å². The van der Waals surface area contributed by atoms with Crippen LogP contribution >= 0.6 is 0 Å². The van der Waals surface area contributed by atoms with E-state index in [-0.39, 0.29) is 0 Å². The number of benzene rings is 2. The Morgan fingerprint density at radius 1 is 0.926 bits per heavy atom. The van der Waals surface area contributed by atoms with Gasteiger partial charge in [-0.25, -0.2) is 0 Å². The average molecular weight is 354 g/mol. The van der Waals surface area contributed by atoms with Crippen molar-refractivity contribution >= 4 is 23.5 Å². The highest BCUT2D eigenvalue weighted by atomic mass is 16.5. The fourth-order valence-corrected chi connectivity index (χ4v) is 4.74. The molecular weight excluding hydrogens is 329 g/mol. The van der Waals surface area contributed by atoms with Crippen molar-refractivity contribution in [1.82, 2.24) is 0 Å². The van der Waals surface area contributed by atoms with Crippen molar-refractivity contribution in [2.45, 2.75) is 62.6 Å². The lowest BCUT2D eigenvalue weighted by molar-refractivity contribution is 0.0306. The molecule has 1 heterocycles. The van der Waals surface area contributed by atoms with Crippen molar-refractivity contribution in [2.24, 2.45) is 0 Å².